The SMILES string of the molecule is CCC1CCCCCN1CC1(CN)CCCCCC1. The smallest absolute Gasteiger partial charge is 0.00928 e. The number of hydrogen-bond donors (Lipinski definition) is 1. The number of rotatable bonds is 4. The van der Waals surface area contributed by atoms with Crippen LogP contribution in [-0.4, -0.2) is 30.6 Å². The largest absolute Gasteiger partial charge is 0.330 e. The molecule has 1 atom stereocenters. The highest BCUT2D eigenvalue weighted by molar-refractivity contribution is 4.88. The van der Waals surface area contributed by atoms with Gasteiger partial charge < -0.3 is 5.73 Å². The fourth-order valence-corrected chi connectivity index (χ4v) is 4.24. The summed E-state index contributed by atoms with van der Waals surface area (Å²) in [6, 6.07) is 0.828. The van der Waals surface area contributed by atoms with E-state index in [0.717, 1.165) is 12.6 Å². The summed E-state index contributed by atoms with van der Waals surface area (Å²) in [5.74, 6) is 0. The van der Waals surface area contributed by atoms with Crippen LogP contribution >= 0.6 is 0 Å². The van der Waals surface area contributed by atoms with Crippen LogP contribution in [0.25, 0.3) is 0 Å². The summed E-state index contributed by atoms with van der Waals surface area (Å²) < 4.78 is 0. The van der Waals surface area contributed by atoms with Crippen LogP contribution in [0.3, 0.4) is 0 Å². The molecule has 1 heterocycles. The number of hydrogen-bond acceptors (Lipinski definition) is 2. The van der Waals surface area contributed by atoms with Crippen LogP contribution in [0.15, 0.2) is 0 Å². The van der Waals surface area contributed by atoms with Gasteiger partial charge in [0.05, 0.1) is 0 Å². The highest BCUT2D eigenvalue weighted by Crippen LogP contribution is 2.36. The van der Waals surface area contributed by atoms with Gasteiger partial charge in [-0.25, -0.2) is 0 Å². The predicted molar refractivity (Wildman–Crippen MR) is 83.3 cm³/mol. The number of nitrogens with zero attached hydrogens (tertiary/aromatic N) is 1. The summed E-state index contributed by atoms with van der Waals surface area (Å²) >= 11 is 0. The lowest BCUT2D eigenvalue weighted by atomic mass is 9.79. The molecule has 2 N–H and O–H groups in total. The Morgan fingerprint density at radius 2 is 1.68 bits per heavy atom. The van der Waals surface area contributed by atoms with E-state index in [4.69, 9.17) is 5.73 Å². The molecule has 1 saturated carbocycles. The van der Waals surface area contributed by atoms with Crippen LogP contribution in [0.5, 0.6) is 0 Å². The van der Waals surface area contributed by atoms with Crippen molar-refractivity contribution in [2.75, 3.05) is 19.6 Å². The summed E-state index contributed by atoms with van der Waals surface area (Å²) in [4.78, 5) is 2.81. The van der Waals surface area contributed by atoms with E-state index in [1.54, 1.807) is 0 Å². The molecule has 1 saturated heterocycles. The van der Waals surface area contributed by atoms with Crippen LogP contribution < -0.4 is 5.73 Å². The summed E-state index contributed by atoms with van der Waals surface area (Å²) in [6.45, 7) is 5.87. The van der Waals surface area contributed by atoms with Crippen LogP contribution in [0.4, 0.5) is 0 Å². The van der Waals surface area contributed by atoms with Gasteiger partial charge in [0, 0.05) is 12.6 Å². The molecule has 2 aliphatic rings. The quantitative estimate of drug-likeness (QED) is 0.781. The molecule has 19 heavy (non-hydrogen) atoms. The van der Waals surface area contributed by atoms with Gasteiger partial charge in [-0.05, 0) is 50.6 Å². The Kier molecular flexibility index (Phi) is 6.15. The minimum atomic E-state index is 0.439. The molecule has 2 rings (SSSR count). The molecule has 1 aliphatic heterocycles. The van der Waals surface area contributed by atoms with Crippen LogP contribution in [0.1, 0.15) is 77.6 Å². The van der Waals surface area contributed by atoms with Crippen molar-refractivity contribution in [3.63, 3.8) is 0 Å². The molecule has 0 aromatic heterocycles. The van der Waals surface area contributed by atoms with Gasteiger partial charge in [0.1, 0.15) is 0 Å². The van der Waals surface area contributed by atoms with Gasteiger partial charge in [-0.3, -0.25) is 4.90 Å². The minimum Gasteiger partial charge on any atom is -0.330 e. The molecule has 0 aromatic carbocycles. The maximum Gasteiger partial charge on any atom is 0.00928 e. The van der Waals surface area contributed by atoms with Gasteiger partial charge in [-0.1, -0.05) is 45.4 Å². The first-order valence-electron chi connectivity index (χ1n) is 8.74. The average molecular weight is 266 g/mol. The van der Waals surface area contributed by atoms with Crippen molar-refractivity contribution in [1.82, 2.24) is 4.90 Å². The second kappa shape index (κ2) is 7.64. The van der Waals surface area contributed by atoms with Gasteiger partial charge >= 0.3 is 0 Å². The average Bonchev–Trinajstić information content (AvgIpc) is 2.80. The Morgan fingerprint density at radius 3 is 2.32 bits per heavy atom. The van der Waals surface area contributed by atoms with Crippen molar-refractivity contribution in [3.05, 3.63) is 0 Å². The van der Waals surface area contributed by atoms with Gasteiger partial charge in [0.15, 0.2) is 0 Å². The first-order chi connectivity index (χ1) is 9.29. The molecule has 2 fully saturated rings. The molecule has 2 heteroatoms. The summed E-state index contributed by atoms with van der Waals surface area (Å²) in [7, 11) is 0. The standard InChI is InChI=1S/C17H34N2/c1-2-16-10-6-5-9-13-19(16)15-17(14-18)11-7-3-4-8-12-17/h16H,2-15,18H2,1H3. The van der Waals surface area contributed by atoms with E-state index in [2.05, 4.69) is 11.8 Å². The van der Waals surface area contributed by atoms with Crippen molar-refractivity contribution in [1.29, 1.82) is 0 Å². The van der Waals surface area contributed by atoms with Crippen LogP contribution in [0, 0.1) is 5.41 Å². The Morgan fingerprint density at radius 1 is 1.00 bits per heavy atom. The third-order valence-electron chi connectivity index (χ3n) is 5.61. The Labute approximate surface area is 120 Å². The van der Waals surface area contributed by atoms with Crippen molar-refractivity contribution in [3.8, 4) is 0 Å². The molecule has 0 amide bonds. The molecule has 0 spiro atoms. The lowest BCUT2D eigenvalue weighted by molar-refractivity contribution is 0.0985. The van der Waals surface area contributed by atoms with E-state index in [1.807, 2.05) is 0 Å². The highest BCUT2D eigenvalue weighted by Gasteiger charge is 2.33. The zero-order chi connectivity index (χ0) is 13.6. The molecular weight excluding hydrogens is 232 g/mol. The minimum absolute atomic E-state index is 0.439. The maximum absolute atomic E-state index is 6.22. The summed E-state index contributed by atoms with van der Waals surface area (Å²) in [5.41, 5.74) is 6.66. The topological polar surface area (TPSA) is 29.3 Å². The second-order valence-electron chi connectivity index (χ2n) is 7.00. The fourth-order valence-electron chi connectivity index (χ4n) is 4.24. The monoisotopic (exact) mass is 266 g/mol. The Bertz CT molecular complexity index is 244. The van der Waals surface area contributed by atoms with Crippen molar-refractivity contribution >= 4 is 0 Å². The predicted octanol–water partition coefficient (Wildman–Crippen LogP) is 3.94. The van der Waals surface area contributed by atoms with Gasteiger partial charge in [-0.15, -0.1) is 0 Å². The third kappa shape index (κ3) is 4.19. The first kappa shape index (κ1) is 15.3. The zero-order valence-corrected chi connectivity index (χ0v) is 13.0. The maximum atomic E-state index is 6.22. The molecule has 1 unspecified atom stereocenters. The Balaban J connectivity index is 2.01. The van der Waals surface area contributed by atoms with Crippen molar-refractivity contribution < 1.29 is 0 Å². The molecule has 0 aromatic rings. The lowest BCUT2D eigenvalue weighted by Gasteiger charge is -2.40. The molecule has 2 nitrogen and oxygen atoms in total. The van der Waals surface area contributed by atoms with E-state index < -0.39 is 0 Å². The number of nitrogens with two attached hydrogens (primary N) is 1. The van der Waals surface area contributed by atoms with Gasteiger partial charge in [0.2, 0.25) is 0 Å². The van der Waals surface area contributed by atoms with Crippen molar-refractivity contribution in [2.45, 2.75) is 83.6 Å². The van der Waals surface area contributed by atoms with Gasteiger partial charge in [0.25, 0.3) is 0 Å². The second-order valence-corrected chi connectivity index (χ2v) is 7.00. The van der Waals surface area contributed by atoms with E-state index in [9.17, 15) is 0 Å². The van der Waals surface area contributed by atoms with Crippen LogP contribution in [0.2, 0.25) is 0 Å². The third-order valence-corrected chi connectivity index (χ3v) is 5.61. The molecule has 0 radical (unpaired) electrons. The van der Waals surface area contributed by atoms with Crippen molar-refractivity contribution in [2.24, 2.45) is 11.1 Å². The van der Waals surface area contributed by atoms with E-state index in [-0.39, 0.29) is 0 Å². The van der Waals surface area contributed by atoms with Gasteiger partial charge in [-0.2, -0.15) is 0 Å². The fraction of sp³-hybridized carbons (Fsp3) is 1.00. The summed E-state index contributed by atoms with van der Waals surface area (Å²) in [5, 5.41) is 0. The first-order valence-corrected chi connectivity index (χ1v) is 8.74. The van der Waals surface area contributed by atoms with E-state index >= 15 is 0 Å². The molecule has 0 bridgehead atoms. The van der Waals surface area contributed by atoms with Crippen LogP contribution in [-0.2, 0) is 0 Å². The van der Waals surface area contributed by atoms with E-state index in [0.29, 0.717) is 5.41 Å². The normalized spacial score (nSPS) is 29.7. The lowest BCUT2D eigenvalue weighted by Crippen LogP contribution is -2.46. The highest BCUT2D eigenvalue weighted by atomic mass is 15.2. The van der Waals surface area contributed by atoms with E-state index in [1.165, 1.54) is 83.7 Å². The zero-order valence-electron chi connectivity index (χ0n) is 13.0. The number of likely N-dealkylation sites (tertiary alicyclic amines) is 1. The molecular formula is C17H34N2. The summed E-state index contributed by atoms with van der Waals surface area (Å²) in [6.07, 6.45) is 15.4. The Hall–Kier alpha value is -0.0800. The molecule has 1 aliphatic carbocycles. The molecule has 112 valence electrons.